The lowest BCUT2D eigenvalue weighted by Gasteiger charge is -1.83. The third-order valence-electron chi connectivity index (χ3n) is 1.55. The van der Waals surface area contributed by atoms with Gasteiger partial charge in [-0.15, -0.1) is 11.3 Å². The van der Waals surface area contributed by atoms with E-state index in [9.17, 15) is 0 Å². The van der Waals surface area contributed by atoms with E-state index >= 15 is 0 Å². The Bertz CT molecular complexity index is 412. The first kappa shape index (κ1) is 9.24. The third-order valence-corrected chi connectivity index (χ3v) is 3.20. The van der Waals surface area contributed by atoms with E-state index in [0.717, 1.165) is 21.4 Å². The molecule has 0 radical (unpaired) electrons. The van der Waals surface area contributed by atoms with Crippen LogP contribution in [0.2, 0.25) is 4.34 Å². The Kier molecular flexibility index (Phi) is 2.71. The minimum atomic E-state index is 0.678. The van der Waals surface area contributed by atoms with Crippen LogP contribution in [0.4, 0.5) is 0 Å². The predicted molar refractivity (Wildman–Crippen MR) is 57.5 cm³/mol. The lowest BCUT2D eigenvalue weighted by atomic mass is 10.2. The van der Waals surface area contributed by atoms with Gasteiger partial charge in [0, 0.05) is 17.0 Å². The van der Waals surface area contributed by atoms with Crippen LogP contribution in [0.5, 0.6) is 0 Å². The molecule has 0 aromatic carbocycles. The van der Waals surface area contributed by atoms with Crippen LogP contribution < -0.4 is 0 Å². The second-order valence-corrected chi connectivity index (χ2v) is 4.55. The van der Waals surface area contributed by atoms with Gasteiger partial charge in [0.1, 0.15) is 11.5 Å². The van der Waals surface area contributed by atoms with Crippen LogP contribution in [0.1, 0.15) is 5.76 Å². The van der Waals surface area contributed by atoms with Crippen molar-refractivity contribution in [2.75, 3.05) is 0 Å². The second kappa shape index (κ2) is 3.82. The molecule has 2 heterocycles. The fourth-order valence-electron chi connectivity index (χ4n) is 0.956. The molecule has 0 aliphatic rings. The summed E-state index contributed by atoms with van der Waals surface area (Å²) in [5.41, 5.74) is 1.84. The number of thiophene rings is 1. The molecule has 0 saturated carbocycles. The molecule has 5 heteroatoms. The first-order valence-electron chi connectivity index (χ1n) is 3.55. The molecular formula is C8H5BrClNOS. The maximum absolute atomic E-state index is 5.80. The topological polar surface area (TPSA) is 26.0 Å². The molecule has 0 aliphatic carbocycles. The fraction of sp³-hybridized carbons (Fsp3) is 0.125. The standard InChI is InChI=1S/C8H5BrClNOS/c9-3-6-2-7(11-12-6)5-1-8(10)13-4-5/h1-2,4H,3H2. The van der Waals surface area contributed by atoms with E-state index in [0.29, 0.717) is 5.33 Å². The summed E-state index contributed by atoms with van der Waals surface area (Å²) in [7, 11) is 0. The summed E-state index contributed by atoms with van der Waals surface area (Å²) in [6.07, 6.45) is 0. The Morgan fingerprint density at radius 2 is 2.38 bits per heavy atom. The van der Waals surface area contributed by atoms with Gasteiger partial charge in [-0.1, -0.05) is 32.7 Å². The van der Waals surface area contributed by atoms with E-state index in [1.807, 2.05) is 17.5 Å². The molecule has 13 heavy (non-hydrogen) atoms. The molecule has 68 valence electrons. The zero-order valence-electron chi connectivity index (χ0n) is 6.46. The highest BCUT2D eigenvalue weighted by Gasteiger charge is 2.06. The SMILES string of the molecule is Clc1cc(-c2cc(CBr)on2)cs1. The first-order chi connectivity index (χ1) is 6.29. The normalized spacial score (nSPS) is 10.6. The molecule has 0 N–H and O–H groups in total. The summed E-state index contributed by atoms with van der Waals surface area (Å²) in [5, 5.41) is 6.55. The number of alkyl halides is 1. The maximum Gasteiger partial charge on any atom is 0.147 e. The van der Waals surface area contributed by atoms with Crippen LogP contribution in [0.25, 0.3) is 11.3 Å². The second-order valence-electron chi connectivity index (χ2n) is 2.45. The smallest absolute Gasteiger partial charge is 0.147 e. The monoisotopic (exact) mass is 277 g/mol. The maximum atomic E-state index is 5.80. The lowest BCUT2D eigenvalue weighted by molar-refractivity contribution is 0.398. The van der Waals surface area contributed by atoms with Crippen molar-refractivity contribution in [3.8, 4) is 11.3 Å². The summed E-state index contributed by atoms with van der Waals surface area (Å²) < 4.78 is 5.80. The molecule has 2 rings (SSSR count). The van der Waals surface area contributed by atoms with Crippen molar-refractivity contribution in [1.29, 1.82) is 0 Å². The Hall–Kier alpha value is -0.320. The highest BCUT2D eigenvalue weighted by molar-refractivity contribution is 9.08. The number of nitrogens with zero attached hydrogens (tertiary/aromatic N) is 1. The van der Waals surface area contributed by atoms with Crippen LogP contribution in [-0.4, -0.2) is 5.16 Å². The average Bonchev–Trinajstić information content (AvgIpc) is 2.71. The van der Waals surface area contributed by atoms with E-state index in [-0.39, 0.29) is 0 Å². The van der Waals surface area contributed by atoms with Crippen LogP contribution in [-0.2, 0) is 5.33 Å². The van der Waals surface area contributed by atoms with Crippen LogP contribution >= 0.6 is 38.9 Å². The molecule has 0 saturated heterocycles. The van der Waals surface area contributed by atoms with Crippen molar-refractivity contribution < 1.29 is 4.52 Å². The molecule has 0 spiro atoms. The Morgan fingerprint density at radius 3 is 2.92 bits per heavy atom. The fourth-order valence-corrected chi connectivity index (χ4v) is 2.10. The van der Waals surface area contributed by atoms with E-state index in [1.54, 1.807) is 0 Å². The van der Waals surface area contributed by atoms with Crippen molar-refractivity contribution in [1.82, 2.24) is 5.16 Å². The molecule has 0 fully saturated rings. The zero-order chi connectivity index (χ0) is 9.26. The molecular weight excluding hydrogens is 274 g/mol. The molecule has 0 bridgehead atoms. The molecule has 0 atom stereocenters. The van der Waals surface area contributed by atoms with Crippen molar-refractivity contribution in [2.45, 2.75) is 5.33 Å². The highest BCUT2D eigenvalue weighted by atomic mass is 79.9. The minimum absolute atomic E-state index is 0.678. The third kappa shape index (κ3) is 1.95. The lowest BCUT2D eigenvalue weighted by Crippen LogP contribution is -1.68. The van der Waals surface area contributed by atoms with Crippen LogP contribution in [0, 0.1) is 0 Å². The summed E-state index contributed by atoms with van der Waals surface area (Å²) >= 11 is 10.6. The van der Waals surface area contributed by atoms with Gasteiger partial charge in [0.05, 0.1) is 9.67 Å². The number of rotatable bonds is 2. The molecule has 0 unspecified atom stereocenters. The molecule has 2 aromatic rings. The predicted octanol–water partition coefficient (Wildman–Crippen LogP) is 3.95. The Labute approximate surface area is 92.6 Å². The number of hydrogen-bond donors (Lipinski definition) is 0. The van der Waals surface area contributed by atoms with Gasteiger partial charge in [0.15, 0.2) is 0 Å². The quantitative estimate of drug-likeness (QED) is 0.777. The summed E-state index contributed by atoms with van der Waals surface area (Å²) in [6.45, 7) is 0. The van der Waals surface area contributed by atoms with Crippen LogP contribution in [0.15, 0.2) is 22.0 Å². The average molecular weight is 279 g/mol. The van der Waals surface area contributed by atoms with E-state index in [2.05, 4.69) is 21.1 Å². The Morgan fingerprint density at radius 1 is 1.54 bits per heavy atom. The van der Waals surface area contributed by atoms with Crippen molar-refractivity contribution in [3.05, 3.63) is 27.6 Å². The van der Waals surface area contributed by atoms with Gasteiger partial charge in [0.25, 0.3) is 0 Å². The van der Waals surface area contributed by atoms with E-state index in [4.69, 9.17) is 16.1 Å². The van der Waals surface area contributed by atoms with Gasteiger partial charge < -0.3 is 4.52 Å². The largest absolute Gasteiger partial charge is 0.360 e. The highest BCUT2D eigenvalue weighted by Crippen LogP contribution is 2.28. The van der Waals surface area contributed by atoms with Crippen molar-refractivity contribution >= 4 is 38.9 Å². The molecule has 2 aromatic heterocycles. The summed E-state index contributed by atoms with van der Waals surface area (Å²) in [5.74, 6) is 0.817. The zero-order valence-corrected chi connectivity index (χ0v) is 9.62. The van der Waals surface area contributed by atoms with Gasteiger partial charge in [-0.25, -0.2) is 0 Å². The van der Waals surface area contributed by atoms with Gasteiger partial charge in [-0.3, -0.25) is 0 Å². The van der Waals surface area contributed by atoms with E-state index < -0.39 is 0 Å². The number of halogens is 2. The Balaban J connectivity index is 2.35. The van der Waals surface area contributed by atoms with E-state index in [1.165, 1.54) is 11.3 Å². The van der Waals surface area contributed by atoms with Gasteiger partial charge >= 0.3 is 0 Å². The molecule has 0 aliphatic heterocycles. The first-order valence-corrected chi connectivity index (χ1v) is 5.93. The molecule has 2 nitrogen and oxygen atoms in total. The van der Waals surface area contributed by atoms with Crippen molar-refractivity contribution in [2.24, 2.45) is 0 Å². The number of hydrogen-bond acceptors (Lipinski definition) is 3. The summed E-state index contributed by atoms with van der Waals surface area (Å²) in [4.78, 5) is 0. The van der Waals surface area contributed by atoms with Crippen molar-refractivity contribution in [3.63, 3.8) is 0 Å². The summed E-state index contributed by atoms with van der Waals surface area (Å²) in [6, 6.07) is 3.77. The molecule has 0 amide bonds. The van der Waals surface area contributed by atoms with Crippen LogP contribution in [0.3, 0.4) is 0 Å². The number of aromatic nitrogens is 1. The van der Waals surface area contributed by atoms with Gasteiger partial charge in [-0.2, -0.15) is 0 Å². The minimum Gasteiger partial charge on any atom is -0.360 e. The van der Waals surface area contributed by atoms with Gasteiger partial charge in [0.2, 0.25) is 0 Å². The van der Waals surface area contributed by atoms with Gasteiger partial charge in [-0.05, 0) is 6.07 Å².